The molecule has 1 aromatic carbocycles. The lowest BCUT2D eigenvalue weighted by Crippen LogP contribution is -2.46. The molecule has 0 fully saturated rings. The van der Waals surface area contributed by atoms with Crippen LogP contribution < -0.4 is 9.47 Å². The minimum atomic E-state index is -1.01. The van der Waals surface area contributed by atoms with Crippen molar-refractivity contribution >= 4 is 5.95 Å². The molecule has 29 heavy (non-hydrogen) atoms. The Balaban J connectivity index is 1.45. The third kappa shape index (κ3) is 5.79. The summed E-state index contributed by atoms with van der Waals surface area (Å²) < 4.78 is 2.06. The predicted molar refractivity (Wildman–Crippen MR) is 119 cm³/mol. The predicted octanol–water partition coefficient (Wildman–Crippen LogP) is 5.35. The molecule has 0 radical (unpaired) electrons. The second-order valence-electron chi connectivity index (χ2n) is 8.42. The molecule has 4 nitrogen and oxygen atoms in total. The molecule has 1 aliphatic rings. The fraction of sp³-hybridized carbons (Fsp3) is 0.600. The van der Waals surface area contributed by atoms with Gasteiger partial charge in [-0.1, -0.05) is 106 Å². The number of hydrogen-bond donors (Lipinski definition) is 1. The van der Waals surface area contributed by atoms with Gasteiger partial charge in [0.05, 0.1) is 12.7 Å². The van der Waals surface area contributed by atoms with E-state index in [9.17, 15) is 5.11 Å². The second-order valence-corrected chi connectivity index (χ2v) is 8.42. The highest BCUT2D eigenvalue weighted by Gasteiger charge is 2.50. The van der Waals surface area contributed by atoms with Gasteiger partial charge in [-0.25, -0.2) is 9.47 Å². The average Bonchev–Trinajstić information content (AvgIpc) is 3.05. The fourth-order valence-corrected chi connectivity index (χ4v) is 4.40. The van der Waals surface area contributed by atoms with Crippen LogP contribution >= 0.6 is 0 Å². The van der Waals surface area contributed by atoms with E-state index in [1.54, 1.807) is 0 Å². The van der Waals surface area contributed by atoms with Crippen LogP contribution in [0.3, 0.4) is 0 Å². The summed E-state index contributed by atoms with van der Waals surface area (Å²) in [5, 5.41) is 11.6. The summed E-state index contributed by atoms with van der Waals surface area (Å²) >= 11 is 0. The van der Waals surface area contributed by atoms with Crippen molar-refractivity contribution in [1.82, 2.24) is 4.98 Å². The van der Waals surface area contributed by atoms with E-state index >= 15 is 0 Å². The molecular formula is C25H38N3O+. The fourth-order valence-electron chi connectivity index (χ4n) is 4.40. The Hall–Kier alpha value is -1.94. The van der Waals surface area contributed by atoms with Gasteiger partial charge in [0.1, 0.15) is 12.7 Å². The molecule has 0 saturated heterocycles. The van der Waals surface area contributed by atoms with Crippen LogP contribution in [-0.2, 0) is 12.3 Å². The van der Waals surface area contributed by atoms with Gasteiger partial charge < -0.3 is 5.11 Å². The van der Waals surface area contributed by atoms with Crippen LogP contribution in [0, 0.1) is 0 Å². The molecule has 158 valence electrons. The van der Waals surface area contributed by atoms with Crippen LogP contribution in [-0.4, -0.2) is 16.6 Å². The first kappa shape index (κ1) is 21.8. The van der Waals surface area contributed by atoms with Crippen molar-refractivity contribution in [2.24, 2.45) is 0 Å². The Morgan fingerprint density at radius 1 is 0.897 bits per heavy atom. The Morgan fingerprint density at radius 2 is 1.52 bits per heavy atom. The molecule has 2 aromatic rings. The zero-order valence-electron chi connectivity index (χ0n) is 18.1. The molecule has 1 aromatic heterocycles. The maximum absolute atomic E-state index is 11.6. The molecule has 1 aliphatic heterocycles. The number of nitrogens with zero attached hydrogens (tertiary/aromatic N) is 3. The number of unbranched alkanes of at least 4 members (excludes halogenated alkanes) is 10. The van der Waals surface area contributed by atoms with E-state index in [-0.39, 0.29) is 0 Å². The highest BCUT2D eigenvalue weighted by molar-refractivity contribution is 5.37. The average molecular weight is 397 g/mol. The van der Waals surface area contributed by atoms with E-state index in [4.69, 9.17) is 0 Å². The Kier molecular flexibility index (Phi) is 8.48. The van der Waals surface area contributed by atoms with E-state index in [1.807, 2.05) is 48.8 Å². The molecule has 3 rings (SSSR count). The van der Waals surface area contributed by atoms with E-state index in [1.165, 1.54) is 64.2 Å². The van der Waals surface area contributed by atoms with Crippen LogP contribution in [0.5, 0.6) is 0 Å². The normalized spacial score (nSPS) is 18.2. The number of anilines is 1. The SMILES string of the molecule is CCCCCCCCCCCCCN1c2nccc[n+]2C[C@@]1(O)c1ccccc1. The van der Waals surface area contributed by atoms with Gasteiger partial charge in [-0.05, 0) is 6.42 Å². The van der Waals surface area contributed by atoms with Crippen molar-refractivity contribution < 1.29 is 9.67 Å². The highest BCUT2D eigenvalue weighted by Crippen LogP contribution is 2.33. The molecule has 0 saturated carbocycles. The van der Waals surface area contributed by atoms with Gasteiger partial charge in [0.25, 0.3) is 0 Å². The van der Waals surface area contributed by atoms with Gasteiger partial charge in [0, 0.05) is 11.6 Å². The Morgan fingerprint density at radius 3 is 2.17 bits per heavy atom. The summed E-state index contributed by atoms with van der Waals surface area (Å²) in [4.78, 5) is 6.65. The summed E-state index contributed by atoms with van der Waals surface area (Å²) in [5.41, 5.74) is -0.0743. The van der Waals surface area contributed by atoms with Crippen molar-refractivity contribution in [3.05, 3.63) is 54.4 Å². The van der Waals surface area contributed by atoms with E-state index in [0.29, 0.717) is 6.54 Å². The van der Waals surface area contributed by atoms with Crippen molar-refractivity contribution in [1.29, 1.82) is 0 Å². The molecule has 0 bridgehead atoms. The van der Waals surface area contributed by atoms with Gasteiger partial charge in [-0.2, -0.15) is 0 Å². The smallest absolute Gasteiger partial charge is 0.353 e. The van der Waals surface area contributed by atoms with Gasteiger partial charge >= 0.3 is 5.95 Å². The number of hydrogen-bond acceptors (Lipinski definition) is 3. The quantitative estimate of drug-likeness (QED) is 0.367. The first-order chi connectivity index (χ1) is 14.3. The zero-order chi connectivity index (χ0) is 20.4. The van der Waals surface area contributed by atoms with Crippen molar-refractivity contribution in [3.63, 3.8) is 0 Å². The van der Waals surface area contributed by atoms with Gasteiger partial charge in [-0.15, -0.1) is 0 Å². The molecule has 0 spiro atoms. The summed E-state index contributed by atoms with van der Waals surface area (Å²) in [5.74, 6) is 0.867. The minimum Gasteiger partial charge on any atom is -0.353 e. The molecule has 0 aliphatic carbocycles. The first-order valence-corrected chi connectivity index (χ1v) is 11.7. The lowest BCUT2D eigenvalue weighted by molar-refractivity contribution is -0.685. The topological polar surface area (TPSA) is 40.2 Å². The third-order valence-corrected chi connectivity index (χ3v) is 6.10. The van der Waals surface area contributed by atoms with Crippen LogP contribution in [0.2, 0.25) is 0 Å². The van der Waals surface area contributed by atoms with Crippen LogP contribution in [0.25, 0.3) is 0 Å². The maximum Gasteiger partial charge on any atom is 0.396 e. The van der Waals surface area contributed by atoms with Gasteiger partial charge in [0.2, 0.25) is 5.72 Å². The zero-order valence-corrected chi connectivity index (χ0v) is 18.1. The van der Waals surface area contributed by atoms with Crippen LogP contribution in [0.1, 0.15) is 83.1 Å². The van der Waals surface area contributed by atoms with Gasteiger partial charge in [-0.3, -0.25) is 0 Å². The van der Waals surface area contributed by atoms with Crippen molar-refractivity contribution in [3.8, 4) is 0 Å². The van der Waals surface area contributed by atoms with E-state index in [0.717, 1.165) is 24.5 Å². The molecule has 1 atom stereocenters. The number of aliphatic hydroxyl groups is 1. The number of fused-ring (bicyclic) bond motifs is 1. The maximum atomic E-state index is 11.6. The van der Waals surface area contributed by atoms with E-state index in [2.05, 4.69) is 21.4 Å². The summed E-state index contributed by atoms with van der Waals surface area (Å²) in [6.07, 6.45) is 18.4. The molecule has 1 N–H and O–H groups in total. The molecule has 0 amide bonds. The van der Waals surface area contributed by atoms with Crippen molar-refractivity contribution in [2.75, 3.05) is 11.4 Å². The summed E-state index contributed by atoms with van der Waals surface area (Å²) in [6, 6.07) is 11.9. The monoisotopic (exact) mass is 396 g/mol. The molecular weight excluding hydrogens is 358 g/mol. The number of benzene rings is 1. The third-order valence-electron chi connectivity index (χ3n) is 6.10. The first-order valence-electron chi connectivity index (χ1n) is 11.7. The Labute approximate surface area is 176 Å². The summed E-state index contributed by atoms with van der Waals surface area (Å²) in [6.45, 7) is 3.63. The molecule has 0 unspecified atom stereocenters. The van der Waals surface area contributed by atoms with Crippen LogP contribution in [0.15, 0.2) is 48.8 Å². The summed E-state index contributed by atoms with van der Waals surface area (Å²) in [7, 11) is 0. The van der Waals surface area contributed by atoms with Crippen LogP contribution in [0.4, 0.5) is 5.95 Å². The van der Waals surface area contributed by atoms with Crippen molar-refractivity contribution in [2.45, 2.75) is 89.8 Å². The number of aromatic nitrogens is 2. The highest BCUT2D eigenvalue weighted by atomic mass is 16.3. The number of rotatable bonds is 13. The second kappa shape index (κ2) is 11.3. The molecule has 4 heteroatoms. The lowest BCUT2D eigenvalue weighted by Gasteiger charge is -2.28. The molecule has 2 heterocycles. The lowest BCUT2D eigenvalue weighted by atomic mass is 10.0. The standard InChI is InChI=1S/C25H38N3O/c1-2-3-4-5-6-7-8-9-10-11-15-21-28-24-26-19-16-20-27(24)22-25(28,29)23-17-13-12-14-18-23/h12-14,16-20,29H,2-11,15,21-22H2,1H3/q+1/t25-/m1/s1. The Bertz CT molecular complexity index is 721. The minimum absolute atomic E-state index is 0.526. The van der Waals surface area contributed by atoms with Gasteiger partial charge in [0.15, 0.2) is 0 Å². The van der Waals surface area contributed by atoms with E-state index < -0.39 is 5.72 Å². The largest absolute Gasteiger partial charge is 0.396 e.